The van der Waals surface area contributed by atoms with Crippen LogP contribution in [0.25, 0.3) is 0 Å². The molecule has 0 bridgehead atoms. The lowest BCUT2D eigenvalue weighted by molar-refractivity contribution is 0.0301. The molecule has 0 aromatic heterocycles. The number of rotatable bonds is 9. The van der Waals surface area contributed by atoms with Gasteiger partial charge in [0.2, 0.25) is 0 Å². The van der Waals surface area contributed by atoms with Crippen LogP contribution in [0, 0.1) is 5.92 Å². The molecule has 15 heavy (non-hydrogen) atoms. The third kappa shape index (κ3) is 6.10. The summed E-state index contributed by atoms with van der Waals surface area (Å²) in [7, 11) is 0. The van der Waals surface area contributed by atoms with Gasteiger partial charge in [-0.1, -0.05) is 6.92 Å². The van der Waals surface area contributed by atoms with Crippen LogP contribution >= 0.6 is 0 Å². The zero-order valence-electron chi connectivity index (χ0n) is 9.48. The van der Waals surface area contributed by atoms with E-state index in [-0.39, 0.29) is 12.6 Å². The van der Waals surface area contributed by atoms with E-state index in [0.29, 0.717) is 13.2 Å². The quantitative estimate of drug-likeness (QED) is 0.514. The minimum absolute atomic E-state index is 0.0862. The predicted octanol–water partition coefficient (Wildman–Crippen LogP) is 0.134. The molecule has 2 unspecified atom stereocenters. The minimum Gasteiger partial charge on any atom is -0.395 e. The first kappa shape index (κ1) is 12.9. The van der Waals surface area contributed by atoms with Gasteiger partial charge in [-0.15, -0.1) is 0 Å². The highest BCUT2D eigenvalue weighted by molar-refractivity contribution is 4.72. The maximum Gasteiger partial charge on any atom is 0.0897 e. The summed E-state index contributed by atoms with van der Waals surface area (Å²) in [5.41, 5.74) is 0. The lowest BCUT2D eigenvalue weighted by atomic mass is 10.2. The van der Waals surface area contributed by atoms with Crippen LogP contribution in [0.2, 0.25) is 0 Å². The Morgan fingerprint density at radius 2 is 2.20 bits per heavy atom. The number of hydrogen-bond donors (Lipinski definition) is 3. The van der Waals surface area contributed by atoms with Crippen molar-refractivity contribution >= 4 is 0 Å². The zero-order valence-corrected chi connectivity index (χ0v) is 9.48. The molecule has 1 saturated carbocycles. The summed E-state index contributed by atoms with van der Waals surface area (Å²) in [4.78, 5) is 0. The molecule has 0 saturated heterocycles. The summed E-state index contributed by atoms with van der Waals surface area (Å²) in [6.07, 6.45) is 2.95. The molecule has 1 fully saturated rings. The lowest BCUT2D eigenvalue weighted by Crippen LogP contribution is -2.39. The molecule has 3 N–H and O–H groups in total. The van der Waals surface area contributed by atoms with E-state index in [2.05, 4.69) is 5.32 Å². The maximum absolute atomic E-state index is 9.55. The molecule has 0 aliphatic heterocycles. The van der Waals surface area contributed by atoms with Gasteiger partial charge in [-0.25, -0.2) is 0 Å². The third-order valence-electron chi connectivity index (χ3n) is 2.72. The summed E-state index contributed by atoms with van der Waals surface area (Å²) in [5.74, 6) is 0.742. The molecule has 0 heterocycles. The Morgan fingerprint density at radius 1 is 1.47 bits per heavy atom. The van der Waals surface area contributed by atoms with Gasteiger partial charge in [0, 0.05) is 19.2 Å². The van der Waals surface area contributed by atoms with Crippen molar-refractivity contribution in [3.05, 3.63) is 0 Å². The van der Waals surface area contributed by atoms with Crippen LogP contribution in [-0.2, 0) is 4.74 Å². The summed E-state index contributed by atoms with van der Waals surface area (Å²) in [6.45, 7) is 3.79. The molecule has 0 spiro atoms. The van der Waals surface area contributed by atoms with Gasteiger partial charge in [-0.05, 0) is 25.2 Å². The SMILES string of the molecule is CCC(CO)NCC(O)COCC1CC1. The molecule has 4 heteroatoms. The average Bonchev–Trinajstić information content (AvgIpc) is 3.03. The van der Waals surface area contributed by atoms with Crippen molar-refractivity contribution in [2.75, 3.05) is 26.4 Å². The van der Waals surface area contributed by atoms with Gasteiger partial charge < -0.3 is 20.3 Å². The lowest BCUT2D eigenvalue weighted by Gasteiger charge is -2.17. The van der Waals surface area contributed by atoms with Gasteiger partial charge in [0.05, 0.1) is 19.3 Å². The Kier molecular flexibility index (Phi) is 6.17. The largest absolute Gasteiger partial charge is 0.395 e. The number of hydrogen-bond acceptors (Lipinski definition) is 4. The Labute approximate surface area is 91.6 Å². The van der Waals surface area contributed by atoms with E-state index in [1.807, 2.05) is 6.92 Å². The Balaban J connectivity index is 1.93. The van der Waals surface area contributed by atoms with Crippen molar-refractivity contribution in [1.29, 1.82) is 0 Å². The molecule has 0 aromatic carbocycles. The van der Waals surface area contributed by atoms with Gasteiger partial charge in [0.25, 0.3) is 0 Å². The number of aliphatic hydroxyl groups is 2. The molecule has 90 valence electrons. The van der Waals surface area contributed by atoms with Crippen LogP contribution in [0.5, 0.6) is 0 Å². The Bertz CT molecular complexity index is 158. The molecule has 1 aliphatic rings. The van der Waals surface area contributed by atoms with Crippen molar-refractivity contribution in [2.24, 2.45) is 5.92 Å². The first-order valence-electron chi connectivity index (χ1n) is 5.86. The molecular formula is C11H23NO3. The van der Waals surface area contributed by atoms with Gasteiger partial charge >= 0.3 is 0 Å². The highest BCUT2D eigenvalue weighted by Crippen LogP contribution is 2.28. The van der Waals surface area contributed by atoms with E-state index in [1.165, 1.54) is 12.8 Å². The summed E-state index contributed by atoms with van der Waals surface area (Å²) >= 11 is 0. The summed E-state index contributed by atoms with van der Waals surface area (Å²) in [6, 6.07) is 0.0862. The van der Waals surface area contributed by atoms with Crippen LogP contribution in [0.4, 0.5) is 0 Å². The molecular weight excluding hydrogens is 194 g/mol. The number of ether oxygens (including phenoxy) is 1. The van der Waals surface area contributed by atoms with Gasteiger partial charge in [0.1, 0.15) is 0 Å². The average molecular weight is 217 g/mol. The second-order valence-corrected chi connectivity index (χ2v) is 4.33. The van der Waals surface area contributed by atoms with Crippen LogP contribution in [0.3, 0.4) is 0 Å². The predicted molar refractivity (Wildman–Crippen MR) is 58.7 cm³/mol. The van der Waals surface area contributed by atoms with Gasteiger partial charge in [-0.2, -0.15) is 0 Å². The first-order valence-corrected chi connectivity index (χ1v) is 5.86. The summed E-state index contributed by atoms with van der Waals surface area (Å²) in [5, 5.41) is 21.6. The molecule has 0 amide bonds. The monoisotopic (exact) mass is 217 g/mol. The van der Waals surface area contributed by atoms with Gasteiger partial charge in [0.15, 0.2) is 0 Å². The Hall–Kier alpha value is -0.160. The minimum atomic E-state index is -0.468. The number of aliphatic hydroxyl groups excluding tert-OH is 2. The molecule has 0 radical (unpaired) electrons. The highest BCUT2D eigenvalue weighted by Gasteiger charge is 2.21. The van der Waals surface area contributed by atoms with Crippen LogP contribution in [-0.4, -0.2) is 48.7 Å². The fourth-order valence-electron chi connectivity index (χ4n) is 1.35. The van der Waals surface area contributed by atoms with E-state index in [9.17, 15) is 5.11 Å². The van der Waals surface area contributed by atoms with Gasteiger partial charge in [-0.3, -0.25) is 0 Å². The van der Waals surface area contributed by atoms with Crippen LogP contribution in [0.15, 0.2) is 0 Å². The van der Waals surface area contributed by atoms with E-state index in [1.54, 1.807) is 0 Å². The molecule has 1 rings (SSSR count). The smallest absolute Gasteiger partial charge is 0.0897 e. The summed E-state index contributed by atoms with van der Waals surface area (Å²) < 4.78 is 5.37. The fraction of sp³-hybridized carbons (Fsp3) is 1.00. The fourth-order valence-corrected chi connectivity index (χ4v) is 1.35. The zero-order chi connectivity index (χ0) is 11.1. The standard InChI is InChI=1S/C11H23NO3/c1-2-10(6-13)12-5-11(14)8-15-7-9-3-4-9/h9-14H,2-8H2,1H3. The van der Waals surface area contributed by atoms with E-state index >= 15 is 0 Å². The van der Waals surface area contributed by atoms with E-state index < -0.39 is 6.10 Å². The van der Waals surface area contributed by atoms with Crippen molar-refractivity contribution in [1.82, 2.24) is 5.32 Å². The molecule has 0 aromatic rings. The first-order chi connectivity index (χ1) is 7.26. The molecule has 4 nitrogen and oxygen atoms in total. The van der Waals surface area contributed by atoms with Crippen LogP contribution < -0.4 is 5.32 Å². The van der Waals surface area contributed by atoms with Crippen molar-refractivity contribution in [3.63, 3.8) is 0 Å². The van der Waals surface area contributed by atoms with E-state index in [4.69, 9.17) is 9.84 Å². The Morgan fingerprint density at radius 3 is 2.73 bits per heavy atom. The van der Waals surface area contributed by atoms with Crippen molar-refractivity contribution in [3.8, 4) is 0 Å². The molecule has 2 atom stereocenters. The van der Waals surface area contributed by atoms with Crippen LogP contribution in [0.1, 0.15) is 26.2 Å². The third-order valence-corrected chi connectivity index (χ3v) is 2.72. The topological polar surface area (TPSA) is 61.7 Å². The highest BCUT2D eigenvalue weighted by atomic mass is 16.5. The molecule has 1 aliphatic carbocycles. The normalized spacial score (nSPS) is 20.2. The van der Waals surface area contributed by atoms with E-state index in [0.717, 1.165) is 18.9 Å². The van der Waals surface area contributed by atoms with Crippen molar-refractivity contribution in [2.45, 2.75) is 38.3 Å². The maximum atomic E-state index is 9.55. The second-order valence-electron chi connectivity index (χ2n) is 4.33. The van der Waals surface area contributed by atoms with Crippen molar-refractivity contribution < 1.29 is 14.9 Å². The second kappa shape index (κ2) is 7.17. The number of nitrogens with one attached hydrogen (secondary N) is 1.